The van der Waals surface area contributed by atoms with E-state index in [9.17, 15) is 13.2 Å². The van der Waals surface area contributed by atoms with E-state index in [1.165, 1.54) is 12.1 Å². The molecule has 0 aromatic heterocycles. The molecule has 1 amide bonds. The van der Waals surface area contributed by atoms with Crippen molar-refractivity contribution in [2.24, 2.45) is 0 Å². The van der Waals surface area contributed by atoms with Gasteiger partial charge in [0, 0.05) is 5.02 Å². The Kier molecular flexibility index (Phi) is 7.97. The van der Waals surface area contributed by atoms with Crippen LogP contribution in [-0.4, -0.2) is 41.1 Å². The van der Waals surface area contributed by atoms with Gasteiger partial charge in [-0.2, -0.15) is 0 Å². The zero-order chi connectivity index (χ0) is 23.0. The van der Waals surface area contributed by atoms with Crippen LogP contribution in [0.4, 0.5) is 5.69 Å². The molecule has 0 radical (unpaired) electrons. The Morgan fingerprint density at radius 1 is 0.938 bits per heavy atom. The van der Waals surface area contributed by atoms with E-state index in [1.807, 2.05) is 0 Å². The molecule has 9 heteroatoms. The minimum absolute atomic E-state index is 0.0885. The maximum atomic E-state index is 13.2. The summed E-state index contributed by atoms with van der Waals surface area (Å²) in [5.41, 5.74) is 0.336. The van der Waals surface area contributed by atoms with E-state index in [0.29, 0.717) is 22.2 Å². The number of methoxy groups -OCH3 is 1. The highest BCUT2D eigenvalue weighted by Gasteiger charge is 2.27. The summed E-state index contributed by atoms with van der Waals surface area (Å²) >= 11 is 5.94. The fourth-order valence-electron chi connectivity index (χ4n) is 2.86. The highest BCUT2D eigenvalue weighted by molar-refractivity contribution is 7.92. The zero-order valence-corrected chi connectivity index (χ0v) is 19.0. The van der Waals surface area contributed by atoms with Crippen LogP contribution >= 0.6 is 11.6 Å². The number of anilines is 1. The van der Waals surface area contributed by atoms with Gasteiger partial charge in [-0.05, 0) is 60.7 Å². The molecule has 0 aliphatic heterocycles. The molecule has 3 aromatic carbocycles. The van der Waals surface area contributed by atoms with Gasteiger partial charge < -0.3 is 14.8 Å². The van der Waals surface area contributed by atoms with Crippen molar-refractivity contribution in [1.29, 1.82) is 0 Å². The van der Waals surface area contributed by atoms with Gasteiger partial charge in [0.2, 0.25) is 5.91 Å². The second-order valence-electron chi connectivity index (χ2n) is 6.68. The summed E-state index contributed by atoms with van der Waals surface area (Å²) in [4.78, 5) is 12.6. The lowest BCUT2D eigenvalue weighted by Crippen LogP contribution is -2.41. The van der Waals surface area contributed by atoms with Crippen molar-refractivity contribution in [3.63, 3.8) is 0 Å². The molecule has 0 unspecified atom stereocenters. The van der Waals surface area contributed by atoms with Gasteiger partial charge in [-0.25, -0.2) is 8.42 Å². The number of carbonyl (C=O) groups excluding carboxylic acids is 1. The van der Waals surface area contributed by atoms with Gasteiger partial charge >= 0.3 is 0 Å². The summed E-state index contributed by atoms with van der Waals surface area (Å²) in [6, 6.07) is 21.3. The number of ether oxygens (including phenoxy) is 2. The number of nitrogens with zero attached hydrogens (tertiary/aromatic N) is 1. The van der Waals surface area contributed by atoms with Crippen molar-refractivity contribution in [2.75, 3.05) is 31.1 Å². The second kappa shape index (κ2) is 10.9. The highest BCUT2D eigenvalue weighted by atomic mass is 35.5. The monoisotopic (exact) mass is 474 g/mol. The number of nitrogens with one attached hydrogen (secondary N) is 1. The topological polar surface area (TPSA) is 84.9 Å². The van der Waals surface area contributed by atoms with Crippen LogP contribution in [0.2, 0.25) is 5.02 Å². The second-order valence-corrected chi connectivity index (χ2v) is 8.97. The number of rotatable bonds is 10. The molecule has 0 aliphatic carbocycles. The first kappa shape index (κ1) is 23.4. The number of benzene rings is 3. The predicted molar refractivity (Wildman–Crippen MR) is 124 cm³/mol. The molecule has 0 fully saturated rings. The number of carbonyl (C=O) groups is 1. The van der Waals surface area contributed by atoms with E-state index in [2.05, 4.69) is 5.32 Å². The lowest BCUT2D eigenvalue weighted by molar-refractivity contribution is -0.119. The van der Waals surface area contributed by atoms with E-state index < -0.39 is 15.9 Å². The van der Waals surface area contributed by atoms with Crippen LogP contribution in [0.5, 0.6) is 11.5 Å². The average Bonchev–Trinajstić information content (AvgIpc) is 2.82. The maximum absolute atomic E-state index is 13.2. The molecular weight excluding hydrogens is 452 g/mol. The van der Waals surface area contributed by atoms with E-state index in [1.54, 1.807) is 73.8 Å². The summed E-state index contributed by atoms with van der Waals surface area (Å²) in [6.45, 7) is 0.0521. The van der Waals surface area contributed by atoms with Crippen LogP contribution in [0.3, 0.4) is 0 Å². The van der Waals surface area contributed by atoms with Crippen molar-refractivity contribution in [1.82, 2.24) is 5.32 Å². The lowest BCUT2D eigenvalue weighted by atomic mass is 10.3. The molecule has 1 N–H and O–H groups in total. The van der Waals surface area contributed by atoms with Crippen LogP contribution in [0.15, 0.2) is 83.8 Å². The third-order valence-corrected chi connectivity index (χ3v) is 6.53. The Balaban J connectivity index is 1.65. The van der Waals surface area contributed by atoms with Gasteiger partial charge in [0.1, 0.15) is 24.7 Å². The molecule has 0 spiro atoms. The van der Waals surface area contributed by atoms with E-state index in [0.717, 1.165) is 4.31 Å². The van der Waals surface area contributed by atoms with Crippen LogP contribution in [0.25, 0.3) is 0 Å². The third-order valence-electron chi connectivity index (χ3n) is 4.49. The smallest absolute Gasteiger partial charge is 0.264 e. The maximum Gasteiger partial charge on any atom is 0.264 e. The highest BCUT2D eigenvalue weighted by Crippen LogP contribution is 2.25. The third kappa shape index (κ3) is 6.15. The molecule has 3 aromatic rings. The normalized spacial score (nSPS) is 10.9. The van der Waals surface area contributed by atoms with Crippen molar-refractivity contribution in [2.45, 2.75) is 4.90 Å². The summed E-state index contributed by atoms with van der Waals surface area (Å²) in [5.74, 6) is 0.889. The minimum atomic E-state index is -3.96. The van der Waals surface area contributed by atoms with Crippen LogP contribution in [0.1, 0.15) is 0 Å². The zero-order valence-electron chi connectivity index (χ0n) is 17.4. The molecule has 0 atom stereocenters. The van der Waals surface area contributed by atoms with Gasteiger partial charge in [0.25, 0.3) is 10.0 Å². The van der Waals surface area contributed by atoms with Gasteiger partial charge in [-0.3, -0.25) is 9.10 Å². The van der Waals surface area contributed by atoms with Crippen molar-refractivity contribution in [3.8, 4) is 11.5 Å². The largest absolute Gasteiger partial charge is 0.497 e. The minimum Gasteiger partial charge on any atom is -0.497 e. The van der Waals surface area contributed by atoms with Crippen LogP contribution in [0, 0.1) is 0 Å². The number of amides is 1. The molecule has 0 saturated carbocycles. The van der Waals surface area contributed by atoms with Crippen molar-refractivity contribution < 1.29 is 22.7 Å². The van der Waals surface area contributed by atoms with Gasteiger partial charge in [0.05, 0.1) is 24.2 Å². The summed E-state index contributed by atoms with van der Waals surface area (Å²) in [6.07, 6.45) is 0. The molecule has 7 nitrogen and oxygen atoms in total. The Hall–Kier alpha value is -3.23. The molecule has 32 heavy (non-hydrogen) atoms. The van der Waals surface area contributed by atoms with Crippen LogP contribution < -0.4 is 19.1 Å². The molecule has 3 rings (SSSR count). The molecule has 0 heterocycles. The van der Waals surface area contributed by atoms with Gasteiger partial charge in [0.15, 0.2) is 0 Å². The molecule has 0 saturated heterocycles. The fraction of sp³-hybridized carbons (Fsp3) is 0.174. The number of sulfonamides is 1. The SMILES string of the molecule is COc1ccc(OCCNC(=O)CN(c2ccc(Cl)cc2)S(=O)(=O)c2ccccc2)cc1. The Morgan fingerprint density at radius 3 is 2.19 bits per heavy atom. The Labute approximate surface area is 192 Å². The first-order valence-electron chi connectivity index (χ1n) is 9.77. The fourth-order valence-corrected chi connectivity index (χ4v) is 4.43. The predicted octanol–water partition coefficient (Wildman–Crippen LogP) is 3.74. The number of hydrogen-bond donors (Lipinski definition) is 1. The quantitative estimate of drug-likeness (QED) is 0.452. The van der Waals surface area contributed by atoms with Crippen molar-refractivity contribution in [3.05, 3.63) is 83.9 Å². The first-order chi connectivity index (χ1) is 15.4. The molecule has 168 valence electrons. The Bertz CT molecular complexity index is 1120. The summed E-state index contributed by atoms with van der Waals surface area (Å²) in [7, 11) is -2.38. The average molecular weight is 475 g/mol. The number of halogens is 1. The van der Waals surface area contributed by atoms with Gasteiger partial charge in [-0.15, -0.1) is 0 Å². The van der Waals surface area contributed by atoms with E-state index >= 15 is 0 Å². The molecule has 0 aliphatic rings. The first-order valence-corrected chi connectivity index (χ1v) is 11.6. The summed E-state index contributed by atoms with van der Waals surface area (Å²) < 4.78 is 38.1. The van der Waals surface area contributed by atoms with Crippen molar-refractivity contribution >= 4 is 33.2 Å². The molecule has 0 bridgehead atoms. The van der Waals surface area contributed by atoms with Gasteiger partial charge in [-0.1, -0.05) is 29.8 Å². The Morgan fingerprint density at radius 2 is 1.56 bits per heavy atom. The van der Waals surface area contributed by atoms with E-state index in [-0.39, 0.29) is 24.6 Å². The summed E-state index contributed by atoms with van der Waals surface area (Å²) in [5, 5.41) is 3.15. The van der Waals surface area contributed by atoms with Crippen LogP contribution in [-0.2, 0) is 14.8 Å². The standard InChI is InChI=1S/C23H23ClN2O5S/c1-30-20-11-13-21(14-12-20)31-16-15-25-23(27)17-26(19-9-7-18(24)8-10-19)32(28,29)22-5-3-2-4-6-22/h2-14H,15-17H2,1H3,(H,25,27). The number of hydrogen-bond acceptors (Lipinski definition) is 5. The lowest BCUT2D eigenvalue weighted by Gasteiger charge is -2.24. The van der Waals surface area contributed by atoms with E-state index in [4.69, 9.17) is 21.1 Å². The molecular formula is C23H23ClN2O5S.